The number of alkyl halides is 3. The summed E-state index contributed by atoms with van der Waals surface area (Å²) in [5.74, 6) is -0.373. The smallest absolute Gasteiger partial charge is 0.362 e. The number of fused-ring (bicyclic) bond motifs is 1. The summed E-state index contributed by atoms with van der Waals surface area (Å²) in [4.78, 5) is 14.3. The van der Waals surface area contributed by atoms with Crippen LogP contribution in [-0.2, 0) is 0 Å². The number of benzene rings is 1. The molecule has 0 aliphatic carbocycles. The van der Waals surface area contributed by atoms with Gasteiger partial charge in [0.25, 0.3) is 5.91 Å². The molecule has 4 rings (SSSR count). The number of aryl methyl sites for hydroxylation is 1. The third kappa shape index (κ3) is 3.34. The van der Waals surface area contributed by atoms with Crippen LogP contribution in [0.5, 0.6) is 0 Å². The van der Waals surface area contributed by atoms with Crippen LogP contribution in [0.1, 0.15) is 53.0 Å². The fraction of sp³-hybridized carbons (Fsp3) is 0.474. The number of carbonyl (C=O) groups excluding carboxylic acids is 1. The van der Waals surface area contributed by atoms with Gasteiger partial charge >= 0.3 is 6.18 Å². The first-order valence-electron chi connectivity index (χ1n) is 9.23. The molecule has 9 heteroatoms. The third-order valence-corrected chi connectivity index (χ3v) is 5.73. The SMILES string of the molecule is Cc1ccc([C@H]2C[C@H](C(F)(F)F)n3nc(C(=O)N4CCCC4)c(Cl)c3N2)cc1. The van der Waals surface area contributed by atoms with Crippen molar-refractivity contribution in [3.63, 3.8) is 0 Å². The zero-order chi connectivity index (χ0) is 20.1. The molecular formula is C19H20ClF3N4O. The van der Waals surface area contributed by atoms with Gasteiger partial charge in [-0.1, -0.05) is 41.4 Å². The Balaban J connectivity index is 1.73. The lowest BCUT2D eigenvalue weighted by Crippen LogP contribution is -2.36. The molecule has 1 amide bonds. The average Bonchev–Trinajstić information content (AvgIpc) is 3.29. The normalized spacial score (nSPS) is 22.1. The zero-order valence-electron chi connectivity index (χ0n) is 15.3. The van der Waals surface area contributed by atoms with Gasteiger partial charge in [-0.2, -0.15) is 18.3 Å². The van der Waals surface area contributed by atoms with E-state index in [4.69, 9.17) is 11.6 Å². The number of anilines is 1. The van der Waals surface area contributed by atoms with Gasteiger partial charge in [0.2, 0.25) is 0 Å². The summed E-state index contributed by atoms with van der Waals surface area (Å²) in [5, 5.41) is 7.01. The summed E-state index contributed by atoms with van der Waals surface area (Å²) >= 11 is 6.35. The number of carbonyl (C=O) groups is 1. The van der Waals surface area contributed by atoms with Crippen molar-refractivity contribution >= 4 is 23.3 Å². The molecule has 5 nitrogen and oxygen atoms in total. The van der Waals surface area contributed by atoms with Crippen LogP contribution in [0.4, 0.5) is 19.0 Å². The number of aromatic nitrogens is 2. The third-order valence-electron chi connectivity index (χ3n) is 5.37. The molecule has 150 valence electrons. The van der Waals surface area contributed by atoms with Gasteiger partial charge in [-0.25, -0.2) is 4.68 Å². The lowest BCUT2D eigenvalue weighted by molar-refractivity contribution is -0.173. The van der Waals surface area contributed by atoms with E-state index in [9.17, 15) is 18.0 Å². The van der Waals surface area contributed by atoms with Crippen LogP contribution in [-0.4, -0.2) is 39.9 Å². The lowest BCUT2D eigenvalue weighted by Gasteiger charge is -2.33. The van der Waals surface area contributed by atoms with Crippen LogP contribution in [0.15, 0.2) is 24.3 Å². The van der Waals surface area contributed by atoms with Gasteiger partial charge in [-0.15, -0.1) is 0 Å². The molecule has 1 aromatic heterocycles. The molecular weight excluding hydrogens is 393 g/mol. The Morgan fingerprint density at radius 3 is 2.46 bits per heavy atom. The maximum absolute atomic E-state index is 13.8. The summed E-state index contributed by atoms with van der Waals surface area (Å²) in [5.41, 5.74) is 1.63. The molecule has 1 aromatic carbocycles. The molecule has 3 heterocycles. The van der Waals surface area contributed by atoms with E-state index in [2.05, 4.69) is 10.4 Å². The number of hydrogen-bond acceptors (Lipinski definition) is 3. The first kappa shape index (κ1) is 19.1. The van der Waals surface area contributed by atoms with Crippen LogP contribution < -0.4 is 5.32 Å². The quantitative estimate of drug-likeness (QED) is 0.775. The van der Waals surface area contributed by atoms with Crippen molar-refractivity contribution in [3.8, 4) is 0 Å². The van der Waals surface area contributed by atoms with E-state index in [-0.39, 0.29) is 23.0 Å². The largest absolute Gasteiger partial charge is 0.410 e. The van der Waals surface area contributed by atoms with Crippen LogP contribution in [0.25, 0.3) is 0 Å². The minimum atomic E-state index is -4.51. The van der Waals surface area contributed by atoms with Gasteiger partial charge in [0.15, 0.2) is 11.7 Å². The molecule has 1 N–H and O–H groups in total. The van der Waals surface area contributed by atoms with Crippen molar-refractivity contribution in [2.24, 2.45) is 0 Å². The molecule has 2 aliphatic heterocycles. The first-order valence-corrected chi connectivity index (χ1v) is 9.60. The Hall–Kier alpha value is -2.22. The molecule has 0 saturated carbocycles. The maximum atomic E-state index is 13.8. The van der Waals surface area contributed by atoms with E-state index in [0.717, 1.165) is 28.7 Å². The van der Waals surface area contributed by atoms with Crippen LogP contribution in [0.3, 0.4) is 0 Å². The van der Waals surface area contributed by atoms with Crippen molar-refractivity contribution in [2.75, 3.05) is 18.4 Å². The summed E-state index contributed by atoms with van der Waals surface area (Å²) in [6, 6.07) is 4.88. The van der Waals surface area contributed by atoms with Crippen molar-refractivity contribution in [1.82, 2.24) is 14.7 Å². The van der Waals surface area contributed by atoms with Gasteiger partial charge in [0.1, 0.15) is 10.8 Å². The molecule has 1 fully saturated rings. The van der Waals surface area contributed by atoms with E-state index < -0.39 is 24.2 Å². The number of rotatable bonds is 2. The Morgan fingerprint density at radius 1 is 1.21 bits per heavy atom. The van der Waals surface area contributed by atoms with E-state index in [1.165, 1.54) is 0 Å². The molecule has 1 saturated heterocycles. The van der Waals surface area contributed by atoms with Gasteiger partial charge in [-0.3, -0.25) is 4.79 Å². The summed E-state index contributed by atoms with van der Waals surface area (Å²) < 4.78 is 42.2. The highest BCUT2D eigenvalue weighted by atomic mass is 35.5. The van der Waals surface area contributed by atoms with Crippen molar-refractivity contribution in [1.29, 1.82) is 0 Å². The zero-order valence-corrected chi connectivity index (χ0v) is 16.0. The van der Waals surface area contributed by atoms with Crippen LogP contribution >= 0.6 is 11.6 Å². The van der Waals surface area contributed by atoms with Gasteiger partial charge in [-0.05, 0) is 25.3 Å². The molecule has 0 bridgehead atoms. The van der Waals surface area contributed by atoms with E-state index >= 15 is 0 Å². The van der Waals surface area contributed by atoms with E-state index in [1.807, 2.05) is 19.1 Å². The molecule has 2 aromatic rings. The highest BCUT2D eigenvalue weighted by Gasteiger charge is 2.48. The second-order valence-electron chi connectivity index (χ2n) is 7.36. The first-order chi connectivity index (χ1) is 13.3. The summed E-state index contributed by atoms with van der Waals surface area (Å²) in [6.45, 7) is 3.05. The number of hydrogen-bond donors (Lipinski definition) is 1. The monoisotopic (exact) mass is 412 g/mol. The number of amides is 1. The van der Waals surface area contributed by atoms with E-state index in [0.29, 0.717) is 13.1 Å². The van der Waals surface area contributed by atoms with Crippen LogP contribution in [0.2, 0.25) is 5.02 Å². The predicted octanol–water partition coefficient (Wildman–Crippen LogP) is 4.74. The van der Waals surface area contributed by atoms with Gasteiger partial charge in [0, 0.05) is 19.5 Å². The highest BCUT2D eigenvalue weighted by molar-refractivity contribution is 6.36. The topological polar surface area (TPSA) is 50.2 Å². The second-order valence-corrected chi connectivity index (χ2v) is 7.73. The maximum Gasteiger partial charge on any atom is 0.410 e. The summed E-state index contributed by atoms with van der Waals surface area (Å²) in [7, 11) is 0. The van der Waals surface area contributed by atoms with Crippen molar-refractivity contribution in [2.45, 2.75) is 44.4 Å². The number of halogens is 4. The fourth-order valence-corrected chi connectivity index (χ4v) is 4.07. The van der Waals surface area contributed by atoms with Gasteiger partial charge in [0.05, 0.1) is 6.04 Å². The predicted molar refractivity (Wildman–Crippen MR) is 99.6 cm³/mol. The highest BCUT2D eigenvalue weighted by Crippen LogP contribution is 2.46. The molecule has 0 spiro atoms. The number of likely N-dealkylation sites (tertiary alicyclic amines) is 1. The standard InChI is InChI=1S/C19H20ClF3N4O/c1-11-4-6-12(7-5-11)13-10-14(19(21,22)23)27-17(24-13)15(20)16(25-27)18(28)26-8-2-3-9-26/h4-7,13-14,24H,2-3,8-10H2,1H3/t13-,14-/m1/s1. The minimum Gasteiger partial charge on any atom is -0.362 e. The molecule has 28 heavy (non-hydrogen) atoms. The van der Waals surface area contributed by atoms with E-state index in [1.54, 1.807) is 17.0 Å². The summed E-state index contributed by atoms with van der Waals surface area (Å²) in [6.07, 6.45) is -3.00. The Morgan fingerprint density at radius 2 is 1.86 bits per heavy atom. The minimum absolute atomic E-state index is 0.0448. The average molecular weight is 413 g/mol. The van der Waals surface area contributed by atoms with Gasteiger partial charge < -0.3 is 10.2 Å². The van der Waals surface area contributed by atoms with Crippen molar-refractivity contribution in [3.05, 3.63) is 46.1 Å². The van der Waals surface area contributed by atoms with Crippen molar-refractivity contribution < 1.29 is 18.0 Å². The molecule has 2 aliphatic rings. The number of nitrogens with zero attached hydrogens (tertiary/aromatic N) is 3. The van der Waals surface area contributed by atoms with Crippen LogP contribution in [0, 0.1) is 6.92 Å². The molecule has 0 unspecified atom stereocenters. The Bertz CT molecular complexity index is 888. The Labute approximate surface area is 165 Å². The molecule has 2 atom stereocenters. The second kappa shape index (κ2) is 6.99. The lowest BCUT2D eigenvalue weighted by atomic mass is 9.96. The molecule has 0 radical (unpaired) electrons. The number of nitrogens with one attached hydrogen (secondary N) is 1. The fourth-order valence-electron chi connectivity index (χ4n) is 3.81. The Kier molecular flexibility index (Phi) is 4.77.